The van der Waals surface area contributed by atoms with E-state index in [-0.39, 0.29) is 18.5 Å². The summed E-state index contributed by atoms with van der Waals surface area (Å²) in [7, 11) is 0. The normalized spacial score (nSPS) is 35.8. The van der Waals surface area contributed by atoms with E-state index in [0.29, 0.717) is 31.1 Å². The SMILES string of the molecule is CC1CC(=O)N([C@H]2CCO[C@@H](C)C2)CN1.Cl. The third-order valence-electron chi connectivity index (χ3n) is 3.31. The van der Waals surface area contributed by atoms with Crippen LogP contribution in [0.2, 0.25) is 0 Å². The van der Waals surface area contributed by atoms with Gasteiger partial charge in [-0.3, -0.25) is 10.1 Å². The van der Waals surface area contributed by atoms with Crippen molar-refractivity contribution < 1.29 is 9.53 Å². The van der Waals surface area contributed by atoms with Gasteiger partial charge in [-0.05, 0) is 26.7 Å². The first-order valence-electron chi connectivity index (χ1n) is 5.81. The first-order chi connectivity index (χ1) is 7.16. The van der Waals surface area contributed by atoms with Crippen LogP contribution in [0.4, 0.5) is 0 Å². The summed E-state index contributed by atoms with van der Waals surface area (Å²) >= 11 is 0. The Balaban J connectivity index is 0.00000128. The second-order valence-corrected chi connectivity index (χ2v) is 4.69. The first kappa shape index (κ1) is 13.7. The Morgan fingerprint density at radius 3 is 2.81 bits per heavy atom. The highest BCUT2D eigenvalue weighted by Crippen LogP contribution is 2.21. The van der Waals surface area contributed by atoms with E-state index in [4.69, 9.17) is 4.74 Å². The number of nitrogens with zero attached hydrogens (tertiary/aromatic N) is 1. The highest BCUT2D eigenvalue weighted by molar-refractivity contribution is 5.85. The largest absolute Gasteiger partial charge is 0.378 e. The van der Waals surface area contributed by atoms with Gasteiger partial charge in [0.2, 0.25) is 5.91 Å². The maximum Gasteiger partial charge on any atom is 0.225 e. The van der Waals surface area contributed by atoms with Crippen LogP contribution in [-0.4, -0.2) is 42.3 Å². The van der Waals surface area contributed by atoms with Crippen molar-refractivity contribution in [2.24, 2.45) is 0 Å². The molecule has 0 saturated carbocycles. The molecule has 2 rings (SSSR count). The second-order valence-electron chi connectivity index (χ2n) is 4.69. The van der Waals surface area contributed by atoms with Crippen LogP contribution >= 0.6 is 12.4 Å². The second kappa shape index (κ2) is 5.84. The average Bonchev–Trinajstić information content (AvgIpc) is 2.17. The molecule has 2 aliphatic rings. The fourth-order valence-electron chi connectivity index (χ4n) is 2.38. The Hall–Kier alpha value is -0.320. The zero-order chi connectivity index (χ0) is 10.8. The van der Waals surface area contributed by atoms with Gasteiger partial charge in [0, 0.05) is 25.1 Å². The molecule has 1 unspecified atom stereocenters. The van der Waals surface area contributed by atoms with Crippen molar-refractivity contribution in [3.05, 3.63) is 0 Å². The number of carbonyl (C=O) groups is 1. The Bertz CT molecular complexity index is 250. The molecule has 2 fully saturated rings. The number of carbonyl (C=O) groups excluding carboxylic acids is 1. The van der Waals surface area contributed by atoms with Gasteiger partial charge in [0.05, 0.1) is 12.8 Å². The van der Waals surface area contributed by atoms with Crippen molar-refractivity contribution in [1.82, 2.24) is 10.2 Å². The molecule has 2 heterocycles. The van der Waals surface area contributed by atoms with Gasteiger partial charge in [0.15, 0.2) is 0 Å². The number of halogens is 1. The van der Waals surface area contributed by atoms with Crippen molar-refractivity contribution in [3.8, 4) is 0 Å². The van der Waals surface area contributed by atoms with Gasteiger partial charge in [0.1, 0.15) is 0 Å². The number of amides is 1. The molecule has 4 nitrogen and oxygen atoms in total. The molecular formula is C11H21ClN2O2. The summed E-state index contributed by atoms with van der Waals surface area (Å²) in [5, 5.41) is 3.34. The molecule has 3 atom stereocenters. The molecular weight excluding hydrogens is 228 g/mol. The molecule has 0 aromatic rings. The summed E-state index contributed by atoms with van der Waals surface area (Å²) in [6, 6.07) is 0.701. The molecule has 1 N–H and O–H groups in total. The molecule has 0 aromatic carbocycles. The summed E-state index contributed by atoms with van der Waals surface area (Å²) in [5.41, 5.74) is 0. The summed E-state index contributed by atoms with van der Waals surface area (Å²) in [4.78, 5) is 13.8. The number of rotatable bonds is 1. The summed E-state index contributed by atoms with van der Waals surface area (Å²) < 4.78 is 5.50. The lowest BCUT2D eigenvalue weighted by Gasteiger charge is -2.40. The summed E-state index contributed by atoms with van der Waals surface area (Å²) in [5.74, 6) is 0.292. The standard InChI is InChI=1S/C11H20N2O2.ClH/c1-8-5-11(14)13(7-12-8)10-3-4-15-9(2)6-10;/h8-10,12H,3-7H2,1-2H3;1H/t8?,9-,10-;/m0./s1. The van der Waals surface area contributed by atoms with E-state index in [2.05, 4.69) is 19.2 Å². The predicted molar refractivity (Wildman–Crippen MR) is 64.6 cm³/mol. The van der Waals surface area contributed by atoms with Crippen LogP contribution in [0.5, 0.6) is 0 Å². The number of hydrogen-bond acceptors (Lipinski definition) is 3. The van der Waals surface area contributed by atoms with Crippen LogP contribution in [0, 0.1) is 0 Å². The molecule has 0 spiro atoms. The van der Waals surface area contributed by atoms with Crippen LogP contribution in [0.25, 0.3) is 0 Å². The molecule has 0 aliphatic carbocycles. The molecule has 5 heteroatoms. The molecule has 2 saturated heterocycles. The summed E-state index contributed by atoms with van der Waals surface area (Å²) in [6.07, 6.45) is 2.87. The molecule has 0 bridgehead atoms. The Morgan fingerprint density at radius 1 is 1.44 bits per heavy atom. The quantitative estimate of drug-likeness (QED) is 0.757. The lowest BCUT2D eigenvalue weighted by Crippen LogP contribution is -2.55. The van der Waals surface area contributed by atoms with Gasteiger partial charge in [-0.2, -0.15) is 0 Å². The third kappa shape index (κ3) is 3.09. The van der Waals surface area contributed by atoms with Gasteiger partial charge >= 0.3 is 0 Å². The van der Waals surface area contributed by atoms with E-state index < -0.39 is 0 Å². The van der Waals surface area contributed by atoms with Crippen molar-refractivity contribution in [2.45, 2.75) is 51.3 Å². The number of nitrogens with one attached hydrogen (secondary N) is 1. The van der Waals surface area contributed by atoms with Crippen molar-refractivity contribution >= 4 is 18.3 Å². The molecule has 1 amide bonds. The zero-order valence-corrected chi connectivity index (χ0v) is 10.8. The van der Waals surface area contributed by atoms with E-state index in [1.165, 1.54) is 0 Å². The van der Waals surface area contributed by atoms with Crippen molar-refractivity contribution in [2.75, 3.05) is 13.3 Å². The molecule has 2 aliphatic heterocycles. The lowest BCUT2D eigenvalue weighted by atomic mass is 10.0. The third-order valence-corrected chi connectivity index (χ3v) is 3.31. The topological polar surface area (TPSA) is 41.6 Å². The van der Waals surface area contributed by atoms with E-state index in [1.807, 2.05) is 4.90 Å². The fourth-order valence-corrected chi connectivity index (χ4v) is 2.38. The number of hydrogen-bond donors (Lipinski definition) is 1. The molecule has 0 aromatic heterocycles. The minimum absolute atomic E-state index is 0. The van der Waals surface area contributed by atoms with E-state index in [1.54, 1.807) is 0 Å². The van der Waals surface area contributed by atoms with Gasteiger partial charge in [0.25, 0.3) is 0 Å². The van der Waals surface area contributed by atoms with Crippen LogP contribution < -0.4 is 5.32 Å². The Labute approximate surface area is 103 Å². The predicted octanol–water partition coefficient (Wildman–Crippen LogP) is 1.14. The fraction of sp³-hybridized carbons (Fsp3) is 0.909. The minimum atomic E-state index is 0. The maximum atomic E-state index is 11.9. The highest BCUT2D eigenvalue weighted by Gasteiger charge is 2.31. The van der Waals surface area contributed by atoms with Gasteiger partial charge in [-0.1, -0.05) is 0 Å². The first-order valence-corrected chi connectivity index (χ1v) is 5.81. The van der Waals surface area contributed by atoms with Gasteiger partial charge in [-0.15, -0.1) is 12.4 Å². The van der Waals surface area contributed by atoms with Crippen molar-refractivity contribution in [3.63, 3.8) is 0 Å². The van der Waals surface area contributed by atoms with E-state index in [9.17, 15) is 4.79 Å². The maximum absolute atomic E-state index is 11.9. The monoisotopic (exact) mass is 248 g/mol. The zero-order valence-electron chi connectivity index (χ0n) is 9.94. The average molecular weight is 249 g/mol. The molecule has 0 radical (unpaired) electrons. The van der Waals surface area contributed by atoms with E-state index in [0.717, 1.165) is 19.4 Å². The molecule has 94 valence electrons. The van der Waals surface area contributed by atoms with Gasteiger partial charge in [-0.25, -0.2) is 0 Å². The van der Waals surface area contributed by atoms with Crippen LogP contribution in [0.15, 0.2) is 0 Å². The van der Waals surface area contributed by atoms with E-state index >= 15 is 0 Å². The summed E-state index contributed by atoms with van der Waals surface area (Å²) in [6.45, 7) is 5.63. The Kier molecular flexibility index (Phi) is 5.02. The minimum Gasteiger partial charge on any atom is -0.378 e. The Morgan fingerprint density at radius 2 is 2.19 bits per heavy atom. The highest BCUT2D eigenvalue weighted by atomic mass is 35.5. The van der Waals surface area contributed by atoms with Crippen LogP contribution in [0.3, 0.4) is 0 Å². The van der Waals surface area contributed by atoms with Crippen LogP contribution in [0.1, 0.15) is 33.1 Å². The van der Waals surface area contributed by atoms with Gasteiger partial charge < -0.3 is 9.64 Å². The number of ether oxygens (including phenoxy) is 1. The molecule has 16 heavy (non-hydrogen) atoms. The van der Waals surface area contributed by atoms with Crippen LogP contribution in [-0.2, 0) is 9.53 Å². The smallest absolute Gasteiger partial charge is 0.225 e. The lowest BCUT2D eigenvalue weighted by molar-refractivity contribution is -0.140. The van der Waals surface area contributed by atoms with Crippen molar-refractivity contribution in [1.29, 1.82) is 0 Å².